The highest BCUT2D eigenvalue weighted by molar-refractivity contribution is 7.80. The molecule has 4 unspecified atom stereocenters. The van der Waals surface area contributed by atoms with E-state index in [0.29, 0.717) is 0 Å². The Morgan fingerprint density at radius 2 is 1.39 bits per heavy atom. The zero-order valence-electron chi connectivity index (χ0n) is 17.8. The number of guanidine groups is 1. The van der Waals surface area contributed by atoms with Crippen molar-refractivity contribution < 1.29 is 39.3 Å². The SMILES string of the molecule is NC(N)=NCCCC(NC(=O)C(CCC(=O)O)NC(=O)C(N)CS)C(=O)NC(CO)C(=O)O. The third-order valence-corrected chi connectivity index (χ3v) is 4.58. The van der Waals surface area contributed by atoms with Crippen molar-refractivity contribution in [1.29, 1.82) is 0 Å². The predicted molar refractivity (Wildman–Crippen MR) is 119 cm³/mol. The van der Waals surface area contributed by atoms with Crippen LogP contribution in [-0.2, 0) is 24.0 Å². The maximum absolute atomic E-state index is 12.8. The summed E-state index contributed by atoms with van der Waals surface area (Å²) in [6.45, 7) is -0.797. The summed E-state index contributed by atoms with van der Waals surface area (Å²) >= 11 is 3.89. The first-order chi connectivity index (χ1) is 15.4. The molecule has 0 heterocycles. The van der Waals surface area contributed by atoms with E-state index in [1.165, 1.54) is 0 Å². The lowest BCUT2D eigenvalue weighted by atomic mass is 10.1. The Kier molecular flexibility index (Phi) is 14.2. The summed E-state index contributed by atoms with van der Waals surface area (Å²) < 4.78 is 0. The number of hydrogen-bond acceptors (Lipinski definition) is 9. The molecule has 0 aliphatic heterocycles. The molecule has 0 fully saturated rings. The number of thiol groups is 1. The Balaban J connectivity index is 5.52. The Hall–Kier alpha value is -3.11. The number of hydrogen-bond donors (Lipinski definition) is 10. The Morgan fingerprint density at radius 1 is 0.879 bits per heavy atom. The molecule has 0 saturated carbocycles. The Labute approximate surface area is 194 Å². The number of nitrogens with one attached hydrogen (secondary N) is 3. The first-order valence-corrected chi connectivity index (χ1v) is 10.4. The van der Waals surface area contributed by atoms with Crippen molar-refractivity contribution in [2.45, 2.75) is 49.9 Å². The number of aliphatic hydroxyl groups excluding tert-OH is 1. The number of carboxylic acids is 2. The lowest BCUT2D eigenvalue weighted by Crippen LogP contribution is -2.57. The zero-order chi connectivity index (χ0) is 25.6. The van der Waals surface area contributed by atoms with Gasteiger partial charge in [0.25, 0.3) is 0 Å². The molecule has 3 amide bonds. The summed E-state index contributed by atoms with van der Waals surface area (Å²) in [6.07, 6.45) is -0.615. The van der Waals surface area contributed by atoms with Gasteiger partial charge in [0.2, 0.25) is 17.7 Å². The number of aliphatic imine (C=N–C) groups is 1. The van der Waals surface area contributed by atoms with Gasteiger partial charge in [0.15, 0.2) is 5.96 Å². The standard InChI is InChI=1S/C17H31N7O8S/c18-8(7-33)13(28)22-10(3-4-12(26)27)15(30)23-9(2-1-5-21-17(19)20)14(29)24-11(6-25)16(31)32/h8-11,25,33H,1-7,18H2,(H,22,28)(H,23,30)(H,24,29)(H,26,27)(H,31,32)(H4,19,20,21). The van der Waals surface area contributed by atoms with E-state index < -0.39 is 66.9 Å². The van der Waals surface area contributed by atoms with Crippen LogP contribution in [0.3, 0.4) is 0 Å². The molecule has 0 rings (SSSR count). The fourth-order valence-corrected chi connectivity index (χ4v) is 2.57. The number of nitrogens with zero attached hydrogens (tertiary/aromatic N) is 1. The van der Waals surface area contributed by atoms with Crippen molar-refractivity contribution in [1.82, 2.24) is 16.0 Å². The molecule has 0 saturated heterocycles. The highest BCUT2D eigenvalue weighted by atomic mass is 32.1. The number of nitrogens with two attached hydrogens (primary N) is 3. The van der Waals surface area contributed by atoms with Gasteiger partial charge in [0.05, 0.1) is 12.6 Å². The molecule has 0 bridgehead atoms. The van der Waals surface area contributed by atoms with E-state index in [4.69, 9.17) is 32.5 Å². The topological polar surface area (TPSA) is 273 Å². The monoisotopic (exact) mass is 493 g/mol. The van der Waals surface area contributed by atoms with Crippen LogP contribution in [0, 0.1) is 0 Å². The molecule has 0 aliphatic carbocycles. The number of aliphatic hydroxyl groups is 1. The summed E-state index contributed by atoms with van der Waals surface area (Å²) in [5.41, 5.74) is 16.0. The van der Waals surface area contributed by atoms with E-state index in [2.05, 4.69) is 33.6 Å². The first-order valence-electron chi connectivity index (χ1n) is 9.81. The molecule has 15 nitrogen and oxygen atoms in total. The zero-order valence-corrected chi connectivity index (χ0v) is 18.7. The average molecular weight is 494 g/mol. The molecule has 33 heavy (non-hydrogen) atoms. The molecule has 0 aromatic rings. The molecule has 0 radical (unpaired) electrons. The van der Waals surface area contributed by atoms with Crippen LogP contribution in [0.1, 0.15) is 25.7 Å². The van der Waals surface area contributed by atoms with Crippen LogP contribution in [0.15, 0.2) is 4.99 Å². The van der Waals surface area contributed by atoms with Gasteiger partial charge in [-0.3, -0.25) is 24.2 Å². The smallest absolute Gasteiger partial charge is 0.328 e. The summed E-state index contributed by atoms with van der Waals surface area (Å²) in [6, 6.07) is -5.33. The van der Waals surface area contributed by atoms with Crippen LogP contribution in [0.5, 0.6) is 0 Å². The summed E-state index contributed by atoms with van der Waals surface area (Å²) in [4.78, 5) is 63.1. The van der Waals surface area contributed by atoms with Gasteiger partial charge in [0.1, 0.15) is 18.1 Å². The van der Waals surface area contributed by atoms with Crippen LogP contribution < -0.4 is 33.2 Å². The van der Waals surface area contributed by atoms with Crippen molar-refractivity contribution >= 4 is 48.2 Å². The quantitative estimate of drug-likeness (QED) is 0.0425. The molecule has 0 aromatic carbocycles. The van der Waals surface area contributed by atoms with E-state index in [-0.39, 0.29) is 37.5 Å². The van der Waals surface area contributed by atoms with E-state index in [9.17, 15) is 24.0 Å². The van der Waals surface area contributed by atoms with Crippen molar-refractivity contribution in [2.24, 2.45) is 22.2 Å². The van der Waals surface area contributed by atoms with Crippen molar-refractivity contribution in [3.63, 3.8) is 0 Å². The van der Waals surface area contributed by atoms with Gasteiger partial charge < -0.3 is 48.5 Å². The van der Waals surface area contributed by atoms with Crippen molar-refractivity contribution in [3.8, 4) is 0 Å². The summed E-state index contributed by atoms with van der Waals surface area (Å²) in [7, 11) is 0. The van der Waals surface area contributed by atoms with Crippen LogP contribution in [0.2, 0.25) is 0 Å². The third kappa shape index (κ3) is 12.5. The van der Waals surface area contributed by atoms with Crippen LogP contribution >= 0.6 is 12.6 Å². The van der Waals surface area contributed by atoms with Gasteiger partial charge in [-0.2, -0.15) is 12.6 Å². The number of carboxylic acid groups (broad SMARTS) is 2. The lowest BCUT2D eigenvalue weighted by molar-refractivity contribution is -0.143. The average Bonchev–Trinajstić information content (AvgIpc) is 2.75. The van der Waals surface area contributed by atoms with Crippen LogP contribution in [-0.4, -0.2) is 94.0 Å². The minimum absolute atomic E-state index is 0.0351. The van der Waals surface area contributed by atoms with Gasteiger partial charge in [-0.15, -0.1) is 0 Å². The van der Waals surface area contributed by atoms with Crippen LogP contribution in [0.25, 0.3) is 0 Å². The number of carbonyl (C=O) groups is 5. The second kappa shape index (κ2) is 15.7. The fraction of sp³-hybridized carbons (Fsp3) is 0.647. The maximum atomic E-state index is 12.8. The first kappa shape index (κ1) is 29.9. The lowest BCUT2D eigenvalue weighted by Gasteiger charge is -2.24. The Bertz CT molecular complexity index is 732. The highest BCUT2D eigenvalue weighted by Gasteiger charge is 2.30. The Morgan fingerprint density at radius 3 is 1.85 bits per heavy atom. The fourth-order valence-electron chi connectivity index (χ4n) is 2.40. The third-order valence-electron chi connectivity index (χ3n) is 4.19. The summed E-state index contributed by atoms with van der Waals surface area (Å²) in [5, 5.41) is 33.8. The minimum Gasteiger partial charge on any atom is -0.481 e. The van der Waals surface area contributed by atoms with E-state index in [1.54, 1.807) is 0 Å². The van der Waals surface area contributed by atoms with Crippen LogP contribution in [0.4, 0.5) is 0 Å². The second-order valence-corrected chi connectivity index (χ2v) is 7.24. The van der Waals surface area contributed by atoms with Gasteiger partial charge >= 0.3 is 11.9 Å². The van der Waals surface area contributed by atoms with E-state index in [1.807, 2.05) is 0 Å². The molecule has 0 aliphatic rings. The van der Waals surface area contributed by atoms with Gasteiger partial charge in [-0.25, -0.2) is 4.79 Å². The molecular weight excluding hydrogens is 462 g/mol. The molecule has 12 N–H and O–H groups in total. The van der Waals surface area contributed by atoms with Crippen molar-refractivity contribution in [2.75, 3.05) is 18.9 Å². The van der Waals surface area contributed by atoms with E-state index >= 15 is 0 Å². The number of rotatable bonds is 16. The second-order valence-electron chi connectivity index (χ2n) is 6.87. The summed E-state index contributed by atoms with van der Waals surface area (Å²) in [5.74, 6) is -5.52. The number of aliphatic carboxylic acids is 2. The molecule has 0 spiro atoms. The maximum Gasteiger partial charge on any atom is 0.328 e. The predicted octanol–water partition coefficient (Wildman–Crippen LogP) is -4.31. The van der Waals surface area contributed by atoms with Gasteiger partial charge in [-0.05, 0) is 19.3 Å². The molecule has 0 aromatic heterocycles. The number of amides is 3. The largest absolute Gasteiger partial charge is 0.481 e. The van der Waals surface area contributed by atoms with Gasteiger partial charge in [0, 0.05) is 18.7 Å². The van der Waals surface area contributed by atoms with Gasteiger partial charge in [-0.1, -0.05) is 0 Å². The van der Waals surface area contributed by atoms with Crippen molar-refractivity contribution in [3.05, 3.63) is 0 Å². The molecular formula is C17H31N7O8S. The number of carbonyl (C=O) groups excluding carboxylic acids is 3. The molecule has 188 valence electrons. The molecule has 16 heteroatoms. The highest BCUT2D eigenvalue weighted by Crippen LogP contribution is 2.04. The van der Waals surface area contributed by atoms with E-state index in [0.717, 1.165) is 0 Å². The normalized spacial score (nSPS) is 14.2. The minimum atomic E-state index is -1.62. The molecule has 4 atom stereocenters.